The molecule has 1 atom stereocenters. The van der Waals surface area contributed by atoms with E-state index in [4.69, 9.17) is 0 Å². The van der Waals surface area contributed by atoms with Gasteiger partial charge >= 0.3 is 6.09 Å². The molecular weight excluding hydrogens is 448 g/mol. The molecule has 1 aromatic heterocycles. The van der Waals surface area contributed by atoms with Crippen molar-refractivity contribution in [3.05, 3.63) is 45.8 Å². The molecule has 162 valence electrons. The van der Waals surface area contributed by atoms with E-state index in [-0.39, 0.29) is 18.4 Å². The SMILES string of the molecule is COC(=O)N[C@H](C(=O)NCc1ncc(-c2ccc(/C=C(\C)Br)c(C)c2)n1C)C(C)C. The van der Waals surface area contributed by atoms with Crippen LogP contribution in [0, 0.1) is 12.8 Å². The number of nitrogens with zero attached hydrogens (tertiary/aromatic N) is 2. The highest BCUT2D eigenvalue weighted by Gasteiger charge is 2.24. The number of rotatable bonds is 7. The first-order chi connectivity index (χ1) is 14.1. The van der Waals surface area contributed by atoms with Crippen molar-refractivity contribution < 1.29 is 14.3 Å². The molecule has 7 nitrogen and oxygen atoms in total. The zero-order chi connectivity index (χ0) is 22.4. The van der Waals surface area contributed by atoms with Crippen molar-refractivity contribution >= 4 is 34.0 Å². The molecule has 0 bridgehead atoms. The maximum Gasteiger partial charge on any atom is 0.407 e. The Bertz CT molecular complexity index is 946. The van der Waals surface area contributed by atoms with Gasteiger partial charge in [-0.2, -0.15) is 0 Å². The molecule has 0 spiro atoms. The number of nitrogens with one attached hydrogen (secondary N) is 2. The molecule has 2 aromatic rings. The average molecular weight is 477 g/mol. The number of alkyl carbamates (subject to hydrolysis) is 1. The van der Waals surface area contributed by atoms with Crippen molar-refractivity contribution in [2.75, 3.05) is 7.11 Å². The van der Waals surface area contributed by atoms with Crippen molar-refractivity contribution in [1.29, 1.82) is 0 Å². The third-order valence-electron chi connectivity index (χ3n) is 4.83. The highest BCUT2D eigenvalue weighted by atomic mass is 79.9. The number of hydrogen-bond acceptors (Lipinski definition) is 4. The predicted octanol–water partition coefficient (Wildman–Crippen LogP) is 4.15. The molecule has 0 radical (unpaired) electrons. The third kappa shape index (κ3) is 5.95. The highest BCUT2D eigenvalue weighted by Crippen LogP contribution is 2.24. The molecule has 8 heteroatoms. The van der Waals surface area contributed by atoms with E-state index in [0.717, 1.165) is 32.7 Å². The molecule has 30 heavy (non-hydrogen) atoms. The summed E-state index contributed by atoms with van der Waals surface area (Å²) in [4.78, 5) is 28.5. The first-order valence-electron chi connectivity index (χ1n) is 9.71. The maximum atomic E-state index is 12.5. The Hall–Kier alpha value is -2.61. The summed E-state index contributed by atoms with van der Waals surface area (Å²) in [7, 11) is 3.19. The molecule has 0 unspecified atom stereocenters. The van der Waals surface area contributed by atoms with Crippen LogP contribution in [0.1, 0.15) is 37.7 Å². The first kappa shape index (κ1) is 23.7. The number of allylic oxidation sites excluding steroid dienone is 1. The normalized spacial score (nSPS) is 12.6. The number of amides is 2. The van der Waals surface area contributed by atoms with Crippen molar-refractivity contribution in [2.24, 2.45) is 13.0 Å². The molecule has 2 N–H and O–H groups in total. The Kier molecular flexibility index (Phi) is 8.23. The lowest BCUT2D eigenvalue weighted by molar-refractivity contribution is -0.124. The summed E-state index contributed by atoms with van der Waals surface area (Å²) in [5.74, 6) is 0.355. The Balaban J connectivity index is 2.14. The predicted molar refractivity (Wildman–Crippen MR) is 122 cm³/mol. The number of imidazole rings is 1. The zero-order valence-corrected chi connectivity index (χ0v) is 19.8. The smallest absolute Gasteiger partial charge is 0.407 e. The molecule has 1 heterocycles. The number of aromatic nitrogens is 2. The van der Waals surface area contributed by atoms with Crippen LogP contribution in [0.5, 0.6) is 0 Å². The molecule has 2 rings (SSSR count). The first-order valence-corrected chi connectivity index (χ1v) is 10.5. The van der Waals surface area contributed by atoms with Gasteiger partial charge in [0.2, 0.25) is 5.91 Å². The van der Waals surface area contributed by atoms with Gasteiger partial charge in [0.25, 0.3) is 0 Å². The quantitative estimate of drug-likeness (QED) is 0.628. The second-order valence-corrected chi connectivity index (χ2v) is 8.75. The van der Waals surface area contributed by atoms with E-state index in [9.17, 15) is 9.59 Å². The summed E-state index contributed by atoms with van der Waals surface area (Å²) in [6, 6.07) is 5.58. The summed E-state index contributed by atoms with van der Waals surface area (Å²) in [6.07, 6.45) is 3.25. The van der Waals surface area contributed by atoms with Crippen molar-refractivity contribution in [3.8, 4) is 11.3 Å². The number of hydrogen-bond donors (Lipinski definition) is 2. The van der Waals surface area contributed by atoms with Crippen molar-refractivity contribution in [2.45, 2.75) is 40.3 Å². The molecule has 2 amide bonds. The molecule has 0 aliphatic rings. The van der Waals surface area contributed by atoms with E-state index < -0.39 is 12.1 Å². The summed E-state index contributed by atoms with van der Waals surface area (Å²) in [5.41, 5.74) is 4.33. The van der Waals surface area contributed by atoms with Crippen molar-refractivity contribution in [3.63, 3.8) is 0 Å². The number of carbonyl (C=O) groups is 2. The van der Waals surface area contributed by atoms with Gasteiger partial charge in [-0.15, -0.1) is 0 Å². The number of benzene rings is 1. The van der Waals surface area contributed by atoms with Crippen LogP contribution in [0.4, 0.5) is 4.79 Å². The minimum atomic E-state index is -0.682. The van der Waals surface area contributed by atoms with E-state index in [1.165, 1.54) is 7.11 Å². The molecule has 0 fully saturated rings. The van der Waals surface area contributed by atoms with E-state index >= 15 is 0 Å². The van der Waals surface area contributed by atoms with E-state index in [1.807, 2.05) is 32.4 Å². The fourth-order valence-corrected chi connectivity index (χ4v) is 3.34. The second-order valence-electron chi connectivity index (χ2n) is 7.50. The number of aryl methyl sites for hydroxylation is 1. The monoisotopic (exact) mass is 476 g/mol. The Morgan fingerprint density at radius 3 is 2.60 bits per heavy atom. The Morgan fingerprint density at radius 1 is 1.33 bits per heavy atom. The second kappa shape index (κ2) is 10.4. The van der Waals surface area contributed by atoms with Crippen molar-refractivity contribution in [1.82, 2.24) is 20.2 Å². The van der Waals surface area contributed by atoms with Gasteiger partial charge < -0.3 is 19.9 Å². The van der Waals surface area contributed by atoms with Crippen LogP contribution in [-0.2, 0) is 23.1 Å². The molecule has 1 aromatic carbocycles. The van der Waals surface area contributed by atoms with Crippen LogP contribution >= 0.6 is 15.9 Å². The lowest BCUT2D eigenvalue weighted by Gasteiger charge is -2.20. The minimum Gasteiger partial charge on any atom is -0.453 e. The largest absolute Gasteiger partial charge is 0.453 e. The zero-order valence-electron chi connectivity index (χ0n) is 18.2. The van der Waals surface area contributed by atoms with Gasteiger partial charge in [0.05, 0.1) is 25.5 Å². The minimum absolute atomic E-state index is 0.0836. The van der Waals surface area contributed by atoms with Gasteiger partial charge in [0.1, 0.15) is 11.9 Å². The van der Waals surface area contributed by atoms with Crippen LogP contribution in [-0.4, -0.2) is 34.7 Å². The summed E-state index contributed by atoms with van der Waals surface area (Å²) < 4.78 is 7.63. The van der Waals surface area contributed by atoms with E-state index in [1.54, 1.807) is 6.20 Å². The summed E-state index contributed by atoms with van der Waals surface area (Å²) in [5, 5.41) is 5.42. The molecule has 0 aliphatic carbocycles. The topological polar surface area (TPSA) is 85.2 Å². The van der Waals surface area contributed by atoms with Gasteiger partial charge in [0, 0.05) is 12.6 Å². The maximum absolute atomic E-state index is 12.5. The fraction of sp³-hybridized carbons (Fsp3) is 0.409. The van der Waals surface area contributed by atoms with Gasteiger partial charge in [-0.05, 0) is 47.5 Å². The lowest BCUT2D eigenvalue weighted by Crippen LogP contribution is -2.49. The standard InChI is InChI=1S/C22H29BrN4O3/c1-13(2)20(26-22(29)30-6)21(28)25-12-19-24-11-18(27(19)5)17-8-7-16(10-15(4)23)14(3)9-17/h7-11,13,20H,12H2,1-6H3,(H,25,28)(H,26,29)/b15-10+/t20-/m0/s1. The third-order valence-corrected chi connectivity index (χ3v) is 5.06. The van der Waals surface area contributed by atoms with Gasteiger partial charge in [-0.1, -0.05) is 41.9 Å². The number of ether oxygens (including phenoxy) is 1. The van der Waals surface area contributed by atoms with Gasteiger partial charge in [-0.3, -0.25) is 4.79 Å². The van der Waals surface area contributed by atoms with Crippen LogP contribution < -0.4 is 10.6 Å². The molecule has 0 saturated carbocycles. The van der Waals surface area contributed by atoms with Gasteiger partial charge in [-0.25, -0.2) is 9.78 Å². The Morgan fingerprint density at radius 2 is 2.03 bits per heavy atom. The summed E-state index contributed by atoms with van der Waals surface area (Å²) in [6.45, 7) is 8.04. The number of methoxy groups -OCH3 is 1. The number of carbonyl (C=O) groups excluding carboxylic acids is 2. The molecule has 0 aliphatic heterocycles. The lowest BCUT2D eigenvalue weighted by atomic mass is 10.0. The van der Waals surface area contributed by atoms with Gasteiger partial charge in [0.15, 0.2) is 0 Å². The van der Waals surface area contributed by atoms with Crippen LogP contribution in [0.3, 0.4) is 0 Å². The molecule has 0 saturated heterocycles. The number of halogens is 1. The van der Waals surface area contributed by atoms with Crippen LogP contribution in [0.25, 0.3) is 17.3 Å². The summed E-state index contributed by atoms with van der Waals surface area (Å²) >= 11 is 3.47. The van der Waals surface area contributed by atoms with Crippen LogP contribution in [0.15, 0.2) is 28.9 Å². The average Bonchev–Trinajstić information content (AvgIpc) is 3.05. The van der Waals surface area contributed by atoms with Crippen LogP contribution in [0.2, 0.25) is 0 Å². The molecular formula is C22H29BrN4O3. The fourth-order valence-electron chi connectivity index (χ4n) is 3.09. The Labute approximate surface area is 186 Å². The van der Waals surface area contributed by atoms with E-state index in [0.29, 0.717) is 0 Å². The van der Waals surface area contributed by atoms with E-state index in [2.05, 4.69) is 67.5 Å². The highest BCUT2D eigenvalue weighted by molar-refractivity contribution is 9.11.